The number of nitrogens with one attached hydrogen (secondary N) is 1. The number of hydrogen-bond donors (Lipinski definition) is 1. The molecule has 0 aromatic carbocycles. The van der Waals surface area contributed by atoms with Crippen LogP contribution in [0.1, 0.15) is 18.3 Å². The molecule has 0 saturated carbocycles. The highest BCUT2D eigenvalue weighted by molar-refractivity contribution is 7.99. The first-order valence-corrected chi connectivity index (χ1v) is 6.96. The lowest BCUT2D eigenvalue weighted by Gasteiger charge is -2.06. The summed E-state index contributed by atoms with van der Waals surface area (Å²) in [6.07, 6.45) is 0. The molecule has 106 valence electrons. The topological polar surface area (TPSA) is 85.7 Å². The van der Waals surface area contributed by atoms with E-state index in [-0.39, 0.29) is 6.01 Å². The van der Waals surface area contributed by atoms with Crippen LogP contribution in [0.5, 0.6) is 6.01 Å². The van der Waals surface area contributed by atoms with Crippen LogP contribution in [-0.2, 0) is 0 Å². The molecule has 0 atom stereocenters. The lowest BCUT2D eigenvalue weighted by molar-refractivity contribution is 0.373. The molecule has 0 fully saturated rings. The van der Waals surface area contributed by atoms with E-state index in [1.807, 2.05) is 26.8 Å². The summed E-state index contributed by atoms with van der Waals surface area (Å²) in [7, 11) is 1.52. The van der Waals surface area contributed by atoms with Crippen LogP contribution in [0.25, 0.3) is 0 Å². The van der Waals surface area contributed by atoms with Crippen molar-refractivity contribution in [3.05, 3.63) is 17.5 Å². The van der Waals surface area contributed by atoms with Crippen molar-refractivity contribution in [1.29, 1.82) is 0 Å². The Bertz CT molecular complexity index is 586. The second-order valence-corrected chi connectivity index (χ2v) is 4.93. The van der Waals surface area contributed by atoms with Crippen molar-refractivity contribution in [2.24, 2.45) is 0 Å². The highest BCUT2D eigenvalue weighted by Gasteiger charge is 2.10. The third kappa shape index (κ3) is 3.77. The number of aromatic nitrogens is 5. The van der Waals surface area contributed by atoms with Gasteiger partial charge in [-0.1, -0.05) is 0 Å². The fraction of sp³-hybridized carbons (Fsp3) is 0.417. The number of aryl methyl sites for hydroxylation is 2. The maximum atomic E-state index is 5.07. The molecule has 20 heavy (non-hydrogen) atoms. The number of hydrogen-bond acceptors (Lipinski definition) is 8. The average Bonchev–Trinajstić information content (AvgIpc) is 2.37. The Morgan fingerprint density at radius 1 is 1.05 bits per heavy atom. The zero-order valence-electron chi connectivity index (χ0n) is 11.8. The summed E-state index contributed by atoms with van der Waals surface area (Å²) in [5.41, 5.74) is 1.82. The summed E-state index contributed by atoms with van der Waals surface area (Å²) in [5.74, 6) is 0.478. The SMILES string of the molecule is CCNc1nc(OC)nc(Sc2nc(C)cc(C)n2)n1. The quantitative estimate of drug-likeness (QED) is 0.836. The minimum absolute atomic E-state index is 0.267. The van der Waals surface area contributed by atoms with Crippen LogP contribution in [0.15, 0.2) is 16.4 Å². The van der Waals surface area contributed by atoms with Gasteiger partial charge >= 0.3 is 6.01 Å². The van der Waals surface area contributed by atoms with E-state index >= 15 is 0 Å². The van der Waals surface area contributed by atoms with E-state index in [0.717, 1.165) is 17.9 Å². The van der Waals surface area contributed by atoms with Gasteiger partial charge in [0.25, 0.3) is 0 Å². The van der Waals surface area contributed by atoms with E-state index in [9.17, 15) is 0 Å². The van der Waals surface area contributed by atoms with Crippen LogP contribution in [0.4, 0.5) is 5.95 Å². The van der Waals surface area contributed by atoms with Crippen LogP contribution in [-0.4, -0.2) is 38.6 Å². The van der Waals surface area contributed by atoms with Gasteiger partial charge in [0.1, 0.15) is 0 Å². The van der Waals surface area contributed by atoms with Gasteiger partial charge in [-0.25, -0.2) is 9.97 Å². The number of anilines is 1. The molecule has 1 N–H and O–H groups in total. The predicted molar refractivity (Wildman–Crippen MR) is 76.2 cm³/mol. The first-order chi connectivity index (χ1) is 9.60. The predicted octanol–water partition coefficient (Wildman–Crippen LogP) is 1.87. The zero-order chi connectivity index (χ0) is 14.5. The monoisotopic (exact) mass is 292 g/mol. The fourth-order valence-electron chi connectivity index (χ4n) is 1.53. The number of nitrogens with zero attached hydrogens (tertiary/aromatic N) is 5. The molecule has 2 rings (SSSR count). The molecular formula is C12H16N6OS. The third-order valence-electron chi connectivity index (χ3n) is 2.26. The zero-order valence-corrected chi connectivity index (χ0v) is 12.7. The summed E-state index contributed by atoms with van der Waals surface area (Å²) in [6, 6.07) is 2.19. The number of ether oxygens (including phenoxy) is 1. The molecule has 0 unspecified atom stereocenters. The molecule has 0 bridgehead atoms. The molecule has 0 saturated heterocycles. The van der Waals surface area contributed by atoms with Gasteiger partial charge in [-0.05, 0) is 38.6 Å². The molecular weight excluding hydrogens is 276 g/mol. The van der Waals surface area contributed by atoms with Crippen LogP contribution < -0.4 is 10.1 Å². The minimum Gasteiger partial charge on any atom is -0.467 e. The van der Waals surface area contributed by atoms with E-state index in [0.29, 0.717) is 16.3 Å². The van der Waals surface area contributed by atoms with E-state index in [2.05, 4.69) is 30.2 Å². The molecule has 0 amide bonds. The van der Waals surface area contributed by atoms with Gasteiger partial charge < -0.3 is 10.1 Å². The van der Waals surface area contributed by atoms with Crippen molar-refractivity contribution < 1.29 is 4.74 Å². The largest absolute Gasteiger partial charge is 0.467 e. The molecule has 0 aliphatic carbocycles. The summed E-state index contributed by atoms with van der Waals surface area (Å²) in [5, 5.41) is 4.14. The Morgan fingerprint density at radius 3 is 2.30 bits per heavy atom. The molecule has 0 spiro atoms. The highest BCUT2D eigenvalue weighted by atomic mass is 32.2. The molecule has 0 aliphatic rings. The Balaban J connectivity index is 2.29. The Kier molecular flexibility index (Phi) is 4.67. The maximum absolute atomic E-state index is 5.07. The van der Waals surface area contributed by atoms with Crippen molar-refractivity contribution in [1.82, 2.24) is 24.9 Å². The first kappa shape index (κ1) is 14.4. The van der Waals surface area contributed by atoms with Crippen molar-refractivity contribution in [3.63, 3.8) is 0 Å². The van der Waals surface area contributed by atoms with E-state index in [1.165, 1.54) is 18.9 Å². The molecule has 8 heteroatoms. The van der Waals surface area contributed by atoms with Crippen LogP contribution in [0, 0.1) is 13.8 Å². The number of methoxy groups -OCH3 is 1. The van der Waals surface area contributed by atoms with Gasteiger partial charge in [0.2, 0.25) is 11.1 Å². The average molecular weight is 292 g/mol. The normalized spacial score (nSPS) is 10.4. The van der Waals surface area contributed by atoms with Gasteiger partial charge in [-0.15, -0.1) is 0 Å². The smallest absolute Gasteiger partial charge is 0.321 e. The van der Waals surface area contributed by atoms with E-state index < -0.39 is 0 Å². The first-order valence-electron chi connectivity index (χ1n) is 6.14. The third-order valence-corrected chi connectivity index (χ3v) is 2.99. The molecule has 7 nitrogen and oxygen atoms in total. The molecule has 2 heterocycles. The van der Waals surface area contributed by atoms with Crippen molar-refractivity contribution in [2.45, 2.75) is 31.1 Å². The molecule has 2 aromatic heterocycles. The maximum Gasteiger partial charge on any atom is 0.321 e. The molecule has 0 radical (unpaired) electrons. The van der Waals surface area contributed by atoms with Crippen molar-refractivity contribution >= 4 is 17.7 Å². The minimum atomic E-state index is 0.267. The Morgan fingerprint density at radius 2 is 1.70 bits per heavy atom. The Labute approximate surface area is 121 Å². The second kappa shape index (κ2) is 6.47. The standard InChI is InChI=1S/C12H16N6OS/c1-5-13-9-16-10(19-4)18-12(17-9)20-11-14-7(2)6-8(3)15-11/h6H,5H2,1-4H3,(H,13,16,17,18). The summed E-state index contributed by atoms with van der Waals surface area (Å²) >= 11 is 1.28. The number of rotatable bonds is 5. The Hall–Kier alpha value is -1.96. The van der Waals surface area contributed by atoms with Crippen LogP contribution in [0.3, 0.4) is 0 Å². The lowest BCUT2D eigenvalue weighted by Crippen LogP contribution is -2.06. The molecule has 2 aromatic rings. The van der Waals surface area contributed by atoms with Crippen molar-refractivity contribution in [2.75, 3.05) is 19.0 Å². The van der Waals surface area contributed by atoms with Gasteiger partial charge in [-0.3, -0.25) is 0 Å². The van der Waals surface area contributed by atoms with E-state index in [4.69, 9.17) is 4.74 Å². The second-order valence-electron chi connectivity index (χ2n) is 3.99. The van der Waals surface area contributed by atoms with Gasteiger partial charge in [0.05, 0.1) is 7.11 Å². The lowest BCUT2D eigenvalue weighted by atomic mass is 10.4. The fourth-order valence-corrected chi connectivity index (χ4v) is 2.33. The van der Waals surface area contributed by atoms with Crippen molar-refractivity contribution in [3.8, 4) is 6.01 Å². The van der Waals surface area contributed by atoms with Gasteiger partial charge in [-0.2, -0.15) is 15.0 Å². The highest BCUT2D eigenvalue weighted by Crippen LogP contribution is 2.23. The summed E-state index contributed by atoms with van der Waals surface area (Å²) in [6.45, 7) is 6.54. The van der Waals surface area contributed by atoms with Gasteiger partial charge in [0.15, 0.2) is 5.16 Å². The summed E-state index contributed by atoms with van der Waals surface area (Å²) in [4.78, 5) is 21.3. The molecule has 0 aliphatic heterocycles. The summed E-state index contributed by atoms with van der Waals surface area (Å²) < 4.78 is 5.07. The van der Waals surface area contributed by atoms with Crippen LogP contribution >= 0.6 is 11.8 Å². The van der Waals surface area contributed by atoms with E-state index in [1.54, 1.807) is 0 Å². The van der Waals surface area contributed by atoms with Gasteiger partial charge in [0, 0.05) is 17.9 Å². The van der Waals surface area contributed by atoms with Crippen LogP contribution in [0.2, 0.25) is 0 Å².